The standard InChI is InChI=1S/C16H17BrIN3/c1-9-8-11(17)6-7-12(9)16-20-14(10-4-2-3-5-10)13(18)15(19)21-16/h6-8,10H,2-5H2,1H3,(H2,19,20,21). The van der Waals surface area contributed by atoms with Gasteiger partial charge in [-0.1, -0.05) is 28.8 Å². The molecular weight excluding hydrogens is 441 g/mol. The van der Waals surface area contributed by atoms with Crippen molar-refractivity contribution in [3.63, 3.8) is 0 Å². The first-order valence-electron chi connectivity index (χ1n) is 7.15. The zero-order valence-electron chi connectivity index (χ0n) is 11.9. The third kappa shape index (κ3) is 3.08. The van der Waals surface area contributed by atoms with Gasteiger partial charge in [-0.25, -0.2) is 9.97 Å². The smallest absolute Gasteiger partial charge is 0.162 e. The molecule has 1 aliphatic rings. The lowest BCUT2D eigenvalue weighted by molar-refractivity contribution is 0.691. The van der Waals surface area contributed by atoms with E-state index in [2.05, 4.69) is 62.6 Å². The summed E-state index contributed by atoms with van der Waals surface area (Å²) in [6.07, 6.45) is 5.00. The molecule has 1 fully saturated rings. The molecule has 21 heavy (non-hydrogen) atoms. The number of benzene rings is 1. The Hall–Kier alpha value is -0.690. The molecule has 3 nitrogen and oxygen atoms in total. The summed E-state index contributed by atoms with van der Waals surface area (Å²) in [5.41, 5.74) is 9.49. The van der Waals surface area contributed by atoms with Gasteiger partial charge in [0.05, 0.1) is 9.26 Å². The first kappa shape index (κ1) is 15.2. The molecule has 1 aromatic carbocycles. The van der Waals surface area contributed by atoms with Crippen LogP contribution >= 0.6 is 38.5 Å². The number of aromatic nitrogens is 2. The van der Waals surface area contributed by atoms with Gasteiger partial charge in [0.2, 0.25) is 0 Å². The van der Waals surface area contributed by atoms with Gasteiger partial charge >= 0.3 is 0 Å². The lowest BCUT2D eigenvalue weighted by atomic mass is 10.0. The van der Waals surface area contributed by atoms with E-state index in [-0.39, 0.29) is 0 Å². The summed E-state index contributed by atoms with van der Waals surface area (Å²) in [5.74, 6) is 1.89. The molecule has 1 saturated carbocycles. The highest BCUT2D eigenvalue weighted by atomic mass is 127. The maximum atomic E-state index is 6.14. The fourth-order valence-corrected chi connectivity index (χ4v) is 4.11. The van der Waals surface area contributed by atoms with Crippen LogP contribution < -0.4 is 5.73 Å². The van der Waals surface area contributed by atoms with E-state index in [1.807, 2.05) is 6.07 Å². The molecule has 0 aliphatic heterocycles. The van der Waals surface area contributed by atoms with Gasteiger partial charge in [-0.3, -0.25) is 0 Å². The number of nitrogens with zero attached hydrogens (tertiary/aromatic N) is 2. The van der Waals surface area contributed by atoms with E-state index >= 15 is 0 Å². The number of rotatable bonds is 2. The molecular formula is C16H17BrIN3. The fourth-order valence-electron chi connectivity index (χ4n) is 2.95. The summed E-state index contributed by atoms with van der Waals surface area (Å²) < 4.78 is 2.09. The summed E-state index contributed by atoms with van der Waals surface area (Å²) in [5, 5.41) is 0. The molecule has 0 bridgehead atoms. The monoisotopic (exact) mass is 457 g/mol. The number of anilines is 1. The second kappa shape index (κ2) is 6.20. The molecule has 0 spiro atoms. The van der Waals surface area contributed by atoms with Crippen molar-refractivity contribution in [2.45, 2.75) is 38.5 Å². The van der Waals surface area contributed by atoms with Crippen molar-refractivity contribution in [2.75, 3.05) is 5.73 Å². The molecule has 3 rings (SSSR count). The van der Waals surface area contributed by atoms with Crippen LogP contribution in [0.1, 0.15) is 42.9 Å². The summed E-state index contributed by atoms with van der Waals surface area (Å²) in [6, 6.07) is 6.16. The Kier molecular flexibility index (Phi) is 4.49. The minimum Gasteiger partial charge on any atom is -0.383 e. The average molecular weight is 458 g/mol. The largest absolute Gasteiger partial charge is 0.383 e. The van der Waals surface area contributed by atoms with Crippen LogP contribution in [0.25, 0.3) is 11.4 Å². The van der Waals surface area contributed by atoms with Crippen LogP contribution in [0.4, 0.5) is 5.82 Å². The SMILES string of the molecule is Cc1cc(Br)ccc1-c1nc(N)c(I)c(C2CCCC2)n1. The molecule has 1 heterocycles. The molecule has 0 unspecified atom stereocenters. The van der Waals surface area contributed by atoms with E-state index in [1.54, 1.807) is 0 Å². The minimum atomic E-state index is 0.539. The molecule has 0 radical (unpaired) electrons. The van der Waals surface area contributed by atoms with Crippen LogP contribution in [0.5, 0.6) is 0 Å². The maximum absolute atomic E-state index is 6.14. The topological polar surface area (TPSA) is 51.8 Å². The lowest BCUT2D eigenvalue weighted by Crippen LogP contribution is -2.08. The van der Waals surface area contributed by atoms with Crippen molar-refractivity contribution in [1.29, 1.82) is 0 Å². The highest BCUT2D eigenvalue weighted by Gasteiger charge is 2.23. The second-order valence-corrected chi connectivity index (χ2v) is 7.57. The summed E-state index contributed by atoms with van der Waals surface area (Å²) in [6.45, 7) is 2.08. The van der Waals surface area contributed by atoms with Crippen LogP contribution in [0, 0.1) is 10.5 Å². The van der Waals surface area contributed by atoms with E-state index in [4.69, 9.17) is 10.7 Å². The maximum Gasteiger partial charge on any atom is 0.162 e. The molecule has 0 saturated heterocycles. The van der Waals surface area contributed by atoms with Crippen LogP contribution in [0.15, 0.2) is 22.7 Å². The van der Waals surface area contributed by atoms with E-state index in [9.17, 15) is 0 Å². The van der Waals surface area contributed by atoms with Crippen molar-refractivity contribution >= 4 is 44.3 Å². The second-order valence-electron chi connectivity index (χ2n) is 5.57. The van der Waals surface area contributed by atoms with Crippen molar-refractivity contribution in [2.24, 2.45) is 0 Å². The van der Waals surface area contributed by atoms with E-state index in [0.717, 1.165) is 30.7 Å². The number of aryl methyl sites for hydroxylation is 1. The van der Waals surface area contributed by atoms with E-state index in [1.165, 1.54) is 25.7 Å². The Labute approximate surface area is 147 Å². The van der Waals surface area contributed by atoms with Crippen LogP contribution in [0.3, 0.4) is 0 Å². The molecule has 1 aromatic heterocycles. The summed E-state index contributed by atoms with van der Waals surface area (Å²) >= 11 is 5.78. The number of hydrogen-bond acceptors (Lipinski definition) is 3. The predicted octanol–water partition coefficient (Wildman–Crippen LogP) is 5.06. The zero-order chi connectivity index (χ0) is 15.0. The normalized spacial score (nSPS) is 15.6. The first-order valence-corrected chi connectivity index (χ1v) is 9.03. The number of hydrogen-bond donors (Lipinski definition) is 1. The minimum absolute atomic E-state index is 0.539. The van der Waals surface area contributed by atoms with Gasteiger partial charge < -0.3 is 5.73 Å². The third-order valence-corrected chi connectivity index (χ3v) is 5.67. The van der Waals surface area contributed by atoms with Gasteiger partial charge in [-0.15, -0.1) is 0 Å². The number of halogens is 2. The molecule has 0 amide bonds. The van der Waals surface area contributed by atoms with E-state index < -0.39 is 0 Å². The quantitative estimate of drug-likeness (QED) is 0.641. The Bertz CT molecular complexity index is 681. The van der Waals surface area contributed by atoms with Crippen molar-refractivity contribution in [1.82, 2.24) is 9.97 Å². The molecule has 0 atom stereocenters. The molecule has 5 heteroatoms. The summed E-state index contributed by atoms with van der Waals surface area (Å²) in [7, 11) is 0. The van der Waals surface area contributed by atoms with Crippen LogP contribution in [-0.4, -0.2) is 9.97 Å². The zero-order valence-corrected chi connectivity index (χ0v) is 15.6. The van der Waals surface area contributed by atoms with Gasteiger partial charge in [0.25, 0.3) is 0 Å². The lowest BCUT2D eigenvalue weighted by Gasteiger charge is -2.15. The predicted molar refractivity (Wildman–Crippen MR) is 98.2 cm³/mol. The van der Waals surface area contributed by atoms with Gasteiger partial charge in [0.1, 0.15) is 5.82 Å². The summed E-state index contributed by atoms with van der Waals surface area (Å²) in [4.78, 5) is 9.37. The number of nitrogens with two attached hydrogens (primary N) is 1. The molecule has 2 aromatic rings. The van der Waals surface area contributed by atoms with Gasteiger partial charge in [-0.2, -0.15) is 0 Å². The van der Waals surface area contributed by atoms with E-state index in [0.29, 0.717) is 11.7 Å². The van der Waals surface area contributed by atoms with Crippen LogP contribution in [0.2, 0.25) is 0 Å². The van der Waals surface area contributed by atoms with Crippen molar-refractivity contribution in [3.8, 4) is 11.4 Å². The first-order chi connectivity index (χ1) is 10.1. The Morgan fingerprint density at radius 2 is 1.95 bits per heavy atom. The molecule has 1 aliphatic carbocycles. The Morgan fingerprint density at radius 1 is 1.24 bits per heavy atom. The fraction of sp³-hybridized carbons (Fsp3) is 0.375. The average Bonchev–Trinajstić information content (AvgIpc) is 2.96. The van der Waals surface area contributed by atoms with Gasteiger partial charge in [0.15, 0.2) is 5.82 Å². The van der Waals surface area contributed by atoms with Crippen molar-refractivity contribution < 1.29 is 0 Å². The third-order valence-electron chi connectivity index (χ3n) is 4.07. The van der Waals surface area contributed by atoms with Crippen molar-refractivity contribution in [3.05, 3.63) is 37.5 Å². The highest BCUT2D eigenvalue weighted by Crippen LogP contribution is 2.37. The number of nitrogen functional groups attached to an aromatic ring is 1. The van der Waals surface area contributed by atoms with Crippen LogP contribution in [-0.2, 0) is 0 Å². The van der Waals surface area contributed by atoms with Gasteiger partial charge in [-0.05, 0) is 66.1 Å². The molecule has 2 N–H and O–H groups in total. The molecule has 110 valence electrons. The highest BCUT2D eigenvalue weighted by molar-refractivity contribution is 14.1. The Balaban J connectivity index is 2.10. The van der Waals surface area contributed by atoms with Gasteiger partial charge in [0, 0.05) is 16.0 Å². The Morgan fingerprint density at radius 3 is 2.62 bits per heavy atom.